The fourth-order valence-electron chi connectivity index (χ4n) is 2.15. The van der Waals surface area contributed by atoms with Crippen molar-refractivity contribution in [3.05, 3.63) is 60.2 Å². The first-order valence-corrected chi connectivity index (χ1v) is 6.51. The minimum Gasteiger partial charge on any atom is -0.329 e. The lowest BCUT2D eigenvalue weighted by atomic mass is 10.1. The summed E-state index contributed by atoms with van der Waals surface area (Å²) < 4.78 is 0. The zero-order valence-corrected chi connectivity index (χ0v) is 11.2. The zero-order chi connectivity index (χ0) is 13.5. The normalized spacial score (nSPS) is 12.6. The molecule has 0 aliphatic heterocycles. The maximum atomic E-state index is 5.90. The minimum absolute atomic E-state index is 0.228. The van der Waals surface area contributed by atoms with Crippen LogP contribution in [0, 0.1) is 0 Å². The molecule has 0 aliphatic rings. The maximum Gasteiger partial charge on any atom is 0.0468 e. The Morgan fingerprint density at radius 3 is 2.58 bits per heavy atom. The number of aromatic nitrogens is 2. The summed E-state index contributed by atoms with van der Waals surface area (Å²) in [5, 5.41) is 0. The quantitative estimate of drug-likeness (QED) is 0.854. The van der Waals surface area contributed by atoms with Gasteiger partial charge in [0.25, 0.3) is 0 Å². The van der Waals surface area contributed by atoms with Crippen LogP contribution in [-0.4, -0.2) is 35.0 Å². The second-order valence-electron chi connectivity index (χ2n) is 4.58. The highest BCUT2D eigenvalue weighted by atomic mass is 15.1. The van der Waals surface area contributed by atoms with E-state index in [1.54, 1.807) is 0 Å². The van der Waals surface area contributed by atoms with Crippen LogP contribution in [0.1, 0.15) is 17.3 Å². The van der Waals surface area contributed by atoms with Crippen LogP contribution in [0.4, 0.5) is 0 Å². The topological polar surface area (TPSA) is 55.0 Å². The van der Waals surface area contributed by atoms with Crippen LogP contribution >= 0.6 is 0 Å². The first kappa shape index (κ1) is 13.6. The molecule has 0 fully saturated rings. The summed E-state index contributed by atoms with van der Waals surface area (Å²) in [7, 11) is 2.10. The van der Waals surface area contributed by atoms with Crippen molar-refractivity contribution in [2.75, 3.05) is 20.1 Å². The molecule has 4 nitrogen and oxygen atoms in total. The molecule has 2 rings (SSSR count). The molecule has 0 spiro atoms. The van der Waals surface area contributed by atoms with Gasteiger partial charge < -0.3 is 5.73 Å². The molecule has 1 atom stereocenters. The van der Waals surface area contributed by atoms with Gasteiger partial charge in [-0.15, -0.1) is 0 Å². The van der Waals surface area contributed by atoms with Gasteiger partial charge in [0.15, 0.2) is 0 Å². The number of nitrogens with zero attached hydrogens (tertiary/aromatic N) is 3. The van der Waals surface area contributed by atoms with Crippen LogP contribution in [0.5, 0.6) is 0 Å². The highest BCUT2D eigenvalue weighted by molar-refractivity contribution is 5.15. The predicted octanol–water partition coefficient (Wildman–Crippen LogP) is 1.65. The van der Waals surface area contributed by atoms with Crippen molar-refractivity contribution in [2.24, 2.45) is 5.73 Å². The van der Waals surface area contributed by atoms with E-state index in [0.717, 1.165) is 18.7 Å². The largest absolute Gasteiger partial charge is 0.329 e. The van der Waals surface area contributed by atoms with E-state index in [-0.39, 0.29) is 6.04 Å². The third-order valence-electron chi connectivity index (χ3n) is 3.29. The Kier molecular flexibility index (Phi) is 5.01. The molecular formula is C15H20N4. The number of rotatable bonds is 6. The van der Waals surface area contributed by atoms with Gasteiger partial charge in [-0.1, -0.05) is 6.07 Å². The summed E-state index contributed by atoms with van der Waals surface area (Å²) in [4.78, 5) is 10.7. The first-order chi connectivity index (χ1) is 9.31. The van der Waals surface area contributed by atoms with Gasteiger partial charge in [0.05, 0.1) is 0 Å². The van der Waals surface area contributed by atoms with Gasteiger partial charge in [-0.25, -0.2) is 0 Å². The van der Waals surface area contributed by atoms with E-state index in [1.165, 1.54) is 5.56 Å². The standard InChI is InChI=1S/C15H20N4/c1-19(11-7-14-4-2-3-8-18-14)15(12-16)13-5-9-17-10-6-13/h2-6,8-10,15H,7,11-12,16H2,1H3. The highest BCUT2D eigenvalue weighted by Gasteiger charge is 2.14. The SMILES string of the molecule is CN(CCc1ccccn1)C(CN)c1ccncc1. The minimum atomic E-state index is 0.228. The van der Waals surface area contributed by atoms with Gasteiger partial charge in [0.1, 0.15) is 0 Å². The molecule has 0 aliphatic carbocycles. The summed E-state index contributed by atoms with van der Waals surface area (Å²) in [5.74, 6) is 0. The average Bonchev–Trinajstić information content (AvgIpc) is 2.48. The van der Waals surface area contributed by atoms with Crippen molar-refractivity contribution in [1.82, 2.24) is 14.9 Å². The zero-order valence-electron chi connectivity index (χ0n) is 11.2. The molecule has 0 bridgehead atoms. The molecule has 2 N–H and O–H groups in total. The third-order valence-corrected chi connectivity index (χ3v) is 3.29. The van der Waals surface area contributed by atoms with Crippen LogP contribution < -0.4 is 5.73 Å². The fraction of sp³-hybridized carbons (Fsp3) is 0.333. The number of pyridine rings is 2. The smallest absolute Gasteiger partial charge is 0.0468 e. The van der Waals surface area contributed by atoms with E-state index >= 15 is 0 Å². The monoisotopic (exact) mass is 256 g/mol. The molecule has 1 unspecified atom stereocenters. The van der Waals surface area contributed by atoms with Crippen molar-refractivity contribution >= 4 is 0 Å². The summed E-state index contributed by atoms with van der Waals surface area (Å²) in [5.41, 5.74) is 8.22. The second kappa shape index (κ2) is 6.97. The Labute approximate surface area is 114 Å². The molecule has 2 aromatic rings. The second-order valence-corrected chi connectivity index (χ2v) is 4.58. The number of nitrogens with two attached hydrogens (primary N) is 1. The average molecular weight is 256 g/mol. The molecule has 0 saturated heterocycles. The van der Waals surface area contributed by atoms with Crippen LogP contribution in [0.15, 0.2) is 48.9 Å². The van der Waals surface area contributed by atoms with Gasteiger partial charge in [-0.2, -0.15) is 0 Å². The lowest BCUT2D eigenvalue weighted by Gasteiger charge is -2.27. The van der Waals surface area contributed by atoms with Crippen molar-refractivity contribution in [3.8, 4) is 0 Å². The molecule has 4 heteroatoms. The summed E-state index contributed by atoms with van der Waals surface area (Å²) in [6.07, 6.45) is 6.38. The highest BCUT2D eigenvalue weighted by Crippen LogP contribution is 2.17. The molecule has 0 amide bonds. The molecule has 0 saturated carbocycles. The van der Waals surface area contributed by atoms with E-state index in [2.05, 4.69) is 28.0 Å². The van der Waals surface area contributed by atoms with Crippen molar-refractivity contribution in [3.63, 3.8) is 0 Å². The van der Waals surface area contributed by atoms with Crippen LogP contribution in [0.2, 0.25) is 0 Å². The van der Waals surface area contributed by atoms with E-state index in [0.29, 0.717) is 6.54 Å². The van der Waals surface area contributed by atoms with E-state index < -0.39 is 0 Å². The Morgan fingerprint density at radius 1 is 1.16 bits per heavy atom. The van der Waals surface area contributed by atoms with E-state index in [1.807, 2.05) is 42.9 Å². The predicted molar refractivity (Wildman–Crippen MR) is 76.6 cm³/mol. The Hall–Kier alpha value is -1.78. The van der Waals surface area contributed by atoms with Crippen molar-refractivity contribution in [1.29, 1.82) is 0 Å². The first-order valence-electron chi connectivity index (χ1n) is 6.51. The molecule has 0 aromatic carbocycles. The molecular weight excluding hydrogens is 236 g/mol. The Balaban J connectivity index is 1.96. The summed E-state index contributed by atoms with van der Waals surface area (Å²) in [6, 6.07) is 10.3. The molecule has 100 valence electrons. The number of likely N-dealkylation sites (N-methyl/N-ethyl adjacent to an activating group) is 1. The van der Waals surface area contributed by atoms with Crippen molar-refractivity contribution in [2.45, 2.75) is 12.5 Å². The molecule has 19 heavy (non-hydrogen) atoms. The van der Waals surface area contributed by atoms with Crippen LogP contribution in [0.25, 0.3) is 0 Å². The fourth-order valence-corrected chi connectivity index (χ4v) is 2.15. The van der Waals surface area contributed by atoms with Gasteiger partial charge >= 0.3 is 0 Å². The summed E-state index contributed by atoms with van der Waals surface area (Å²) >= 11 is 0. The van der Waals surface area contributed by atoms with Crippen molar-refractivity contribution < 1.29 is 0 Å². The molecule has 2 heterocycles. The van der Waals surface area contributed by atoms with Gasteiger partial charge in [0.2, 0.25) is 0 Å². The molecule has 0 radical (unpaired) electrons. The summed E-state index contributed by atoms with van der Waals surface area (Å²) in [6.45, 7) is 1.53. The van der Waals surface area contributed by atoms with Crippen LogP contribution in [0.3, 0.4) is 0 Å². The number of hydrogen-bond donors (Lipinski definition) is 1. The molecule has 2 aromatic heterocycles. The van der Waals surface area contributed by atoms with Crippen LogP contribution in [-0.2, 0) is 6.42 Å². The number of hydrogen-bond acceptors (Lipinski definition) is 4. The lowest BCUT2D eigenvalue weighted by Crippen LogP contribution is -2.32. The Bertz CT molecular complexity index is 472. The van der Waals surface area contributed by atoms with Gasteiger partial charge in [-0.05, 0) is 36.9 Å². The Morgan fingerprint density at radius 2 is 1.95 bits per heavy atom. The van der Waals surface area contributed by atoms with E-state index in [9.17, 15) is 0 Å². The van der Waals surface area contributed by atoms with Gasteiger partial charge in [-0.3, -0.25) is 14.9 Å². The van der Waals surface area contributed by atoms with Gasteiger partial charge in [0, 0.05) is 49.8 Å². The van der Waals surface area contributed by atoms with E-state index in [4.69, 9.17) is 5.73 Å². The lowest BCUT2D eigenvalue weighted by molar-refractivity contribution is 0.252. The third kappa shape index (κ3) is 3.84. The maximum absolute atomic E-state index is 5.90.